The van der Waals surface area contributed by atoms with Gasteiger partial charge in [0, 0.05) is 5.69 Å². The summed E-state index contributed by atoms with van der Waals surface area (Å²) in [7, 11) is 0. The van der Waals surface area contributed by atoms with Gasteiger partial charge in [0.15, 0.2) is 0 Å². The Morgan fingerprint density at radius 1 is 1.00 bits per heavy atom. The summed E-state index contributed by atoms with van der Waals surface area (Å²) in [5.41, 5.74) is 1.38. The molecular weight excluding hydrogens is 317 g/mol. The maximum absolute atomic E-state index is 12.5. The average Bonchev–Trinajstić information content (AvgIpc) is 3.28. The molecule has 1 saturated carbocycles. The molecule has 24 heavy (non-hydrogen) atoms. The molecule has 126 valence electrons. The van der Waals surface area contributed by atoms with Crippen LogP contribution in [-0.4, -0.2) is 6.03 Å². The van der Waals surface area contributed by atoms with Crippen molar-refractivity contribution in [2.75, 3.05) is 5.32 Å². The number of nitrogens with one attached hydrogen (secondary N) is 2. The fraction of sp³-hybridized carbons (Fsp3) is 0.278. The molecule has 3 nitrogen and oxygen atoms in total. The first-order chi connectivity index (χ1) is 11.3. The number of carbonyl (C=O) groups excluding carboxylic acids is 1. The number of hydrogen-bond donors (Lipinski definition) is 2. The molecule has 0 spiro atoms. The normalized spacial score (nSPS) is 15.7. The van der Waals surface area contributed by atoms with E-state index in [4.69, 9.17) is 0 Å². The number of urea groups is 1. The molecule has 2 aromatic rings. The Hall–Kier alpha value is -2.50. The fourth-order valence-corrected chi connectivity index (χ4v) is 2.61. The first-order valence-corrected chi connectivity index (χ1v) is 7.62. The topological polar surface area (TPSA) is 41.1 Å². The first kappa shape index (κ1) is 16.4. The molecule has 2 aromatic carbocycles. The van der Waals surface area contributed by atoms with Gasteiger partial charge in [0.05, 0.1) is 11.1 Å². The highest BCUT2D eigenvalue weighted by Gasteiger charge is 2.45. The molecule has 0 saturated heterocycles. The third-order valence-corrected chi connectivity index (χ3v) is 4.18. The van der Waals surface area contributed by atoms with Gasteiger partial charge in [-0.1, -0.05) is 29.8 Å². The summed E-state index contributed by atoms with van der Waals surface area (Å²) >= 11 is 0. The van der Waals surface area contributed by atoms with Gasteiger partial charge in [0.2, 0.25) is 0 Å². The van der Waals surface area contributed by atoms with Crippen LogP contribution in [0.4, 0.5) is 23.7 Å². The van der Waals surface area contributed by atoms with Gasteiger partial charge < -0.3 is 10.6 Å². The minimum atomic E-state index is -4.38. The van der Waals surface area contributed by atoms with Gasteiger partial charge in [-0.2, -0.15) is 13.2 Å². The Kier molecular flexibility index (Phi) is 3.99. The van der Waals surface area contributed by atoms with Crippen molar-refractivity contribution in [3.8, 4) is 0 Å². The summed E-state index contributed by atoms with van der Waals surface area (Å²) in [5.74, 6) is 0. The van der Waals surface area contributed by atoms with Crippen LogP contribution in [0.25, 0.3) is 0 Å². The van der Waals surface area contributed by atoms with E-state index in [-0.39, 0.29) is 5.54 Å². The monoisotopic (exact) mass is 334 g/mol. The van der Waals surface area contributed by atoms with Gasteiger partial charge in [0.1, 0.15) is 0 Å². The van der Waals surface area contributed by atoms with Crippen LogP contribution >= 0.6 is 0 Å². The minimum absolute atomic E-state index is 0.320. The van der Waals surface area contributed by atoms with Crippen LogP contribution in [0, 0.1) is 6.92 Å². The minimum Gasteiger partial charge on any atom is -0.328 e. The summed E-state index contributed by atoms with van der Waals surface area (Å²) in [5, 5.41) is 5.50. The van der Waals surface area contributed by atoms with E-state index in [2.05, 4.69) is 10.6 Å². The molecule has 0 heterocycles. The lowest BCUT2D eigenvalue weighted by Crippen LogP contribution is -2.38. The van der Waals surface area contributed by atoms with Crippen LogP contribution in [0.2, 0.25) is 0 Å². The van der Waals surface area contributed by atoms with Gasteiger partial charge >= 0.3 is 12.2 Å². The molecule has 0 radical (unpaired) electrons. The van der Waals surface area contributed by atoms with Crippen LogP contribution in [0.1, 0.15) is 29.5 Å². The van der Waals surface area contributed by atoms with Crippen molar-refractivity contribution in [1.29, 1.82) is 0 Å². The summed E-state index contributed by atoms with van der Waals surface area (Å²) in [6.45, 7) is 1.99. The molecule has 0 aromatic heterocycles. The maximum atomic E-state index is 12.5. The Labute approximate surface area is 137 Å². The van der Waals surface area contributed by atoms with Gasteiger partial charge in [0.25, 0.3) is 0 Å². The maximum Gasteiger partial charge on any atom is 0.416 e. The number of benzene rings is 2. The number of amides is 2. The fourth-order valence-electron chi connectivity index (χ4n) is 2.61. The van der Waals surface area contributed by atoms with E-state index in [1.165, 1.54) is 12.1 Å². The number of rotatable bonds is 3. The van der Waals surface area contributed by atoms with E-state index >= 15 is 0 Å². The van der Waals surface area contributed by atoms with Crippen LogP contribution in [0.5, 0.6) is 0 Å². The average molecular weight is 334 g/mol. The largest absolute Gasteiger partial charge is 0.416 e. The zero-order valence-corrected chi connectivity index (χ0v) is 13.1. The zero-order valence-electron chi connectivity index (χ0n) is 13.1. The molecule has 1 aliphatic carbocycles. The van der Waals surface area contributed by atoms with E-state index in [0.29, 0.717) is 5.69 Å². The van der Waals surface area contributed by atoms with Crippen LogP contribution < -0.4 is 10.6 Å². The summed E-state index contributed by atoms with van der Waals surface area (Å²) in [6, 6.07) is 11.9. The highest BCUT2D eigenvalue weighted by molar-refractivity contribution is 5.90. The molecule has 3 rings (SSSR count). The number of alkyl halides is 3. The summed E-state index contributed by atoms with van der Waals surface area (Å²) < 4.78 is 37.6. The van der Waals surface area contributed by atoms with Gasteiger partial charge in [-0.25, -0.2) is 4.79 Å². The Morgan fingerprint density at radius 3 is 2.08 bits per heavy atom. The standard InChI is InChI=1S/C18H17F3N2O/c1-12-2-4-13(5-3-12)17(10-11-17)23-16(24)22-15-8-6-14(7-9-15)18(19,20)21/h2-9H,10-11H2,1H3,(H2,22,23,24). The molecule has 1 aliphatic rings. The molecular formula is C18H17F3N2O. The van der Waals surface area contributed by atoms with Crippen LogP contribution in [0.15, 0.2) is 48.5 Å². The lowest BCUT2D eigenvalue weighted by Gasteiger charge is -2.19. The quantitative estimate of drug-likeness (QED) is 0.830. The molecule has 6 heteroatoms. The lowest BCUT2D eigenvalue weighted by molar-refractivity contribution is -0.137. The van der Waals surface area contributed by atoms with Gasteiger partial charge in [-0.15, -0.1) is 0 Å². The van der Waals surface area contributed by atoms with Crippen molar-refractivity contribution in [2.45, 2.75) is 31.5 Å². The molecule has 0 atom stereocenters. The number of anilines is 1. The van der Waals surface area contributed by atoms with E-state index in [1.807, 2.05) is 31.2 Å². The number of halogens is 3. The summed E-state index contributed by atoms with van der Waals surface area (Å²) in [6.07, 6.45) is -2.70. The highest BCUT2D eigenvalue weighted by Crippen LogP contribution is 2.45. The number of aryl methyl sites for hydroxylation is 1. The third-order valence-electron chi connectivity index (χ3n) is 4.18. The molecule has 0 unspecified atom stereocenters. The second-order valence-electron chi connectivity index (χ2n) is 6.10. The third kappa shape index (κ3) is 3.53. The second-order valence-corrected chi connectivity index (χ2v) is 6.10. The predicted molar refractivity (Wildman–Crippen MR) is 85.7 cm³/mol. The van der Waals surface area contributed by atoms with Crippen LogP contribution in [0.3, 0.4) is 0 Å². The van der Waals surface area contributed by atoms with Crippen molar-refractivity contribution in [1.82, 2.24) is 5.32 Å². The Balaban J connectivity index is 1.64. The molecule has 0 bridgehead atoms. The first-order valence-electron chi connectivity index (χ1n) is 7.62. The van der Waals surface area contributed by atoms with E-state index < -0.39 is 17.8 Å². The highest BCUT2D eigenvalue weighted by atomic mass is 19.4. The molecule has 0 aliphatic heterocycles. The van der Waals surface area contributed by atoms with Crippen molar-refractivity contribution >= 4 is 11.7 Å². The smallest absolute Gasteiger partial charge is 0.328 e. The second kappa shape index (κ2) is 5.85. The predicted octanol–water partition coefficient (Wildman–Crippen LogP) is 4.82. The summed E-state index contributed by atoms with van der Waals surface area (Å²) in [4.78, 5) is 12.1. The van der Waals surface area contributed by atoms with Crippen molar-refractivity contribution in [3.63, 3.8) is 0 Å². The molecule has 1 fully saturated rings. The van der Waals surface area contributed by atoms with E-state index in [1.54, 1.807) is 0 Å². The van der Waals surface area contributed by atoms with Crippen molar-refractivity contribution in [3.05, 3.63) is 65.2 Å². The molecule has 2 amide bonds. The van der Waals surface area contributed by atoms with Crippen LogP contribution in [-0.2, 0) is 11.7 Å². The van der Waals surface area contributed by atoms with Gasteiger partial charge in [-0.3, -0.25) is 0 Å². The van der Waals surface area contributed by atoms with E-state index in [9.17, 15) is 18.0 Å². The van der Waals surface area contributed by atoms with Crippen molar-refractivity contribution in [2.24, 2.45) is 0 Å². The van der Waals surface area contributed by atoms with Crippen molar-refractivity contribution < 1.29 is 18.0 Å². The SMILES string of the molecule is Cc1ccc(C2(NC(=O)Nc3ccc(C(F)(F)F)cc3)CC2)cc1. The zero-order chi connectivity index (χ0) is 17.4. The number of hydrogen-bond acceptors (Lipinski definition) is 1. The lowest BCUT2D eigenvalue weighted by atomic mass is 10.0. The molecule has 2 N–H and O–H groups in total. The van der Waals surface area contributed by atoms with E-state index in [0.717, 1.165) is 36.1 Å². The Morgan fingerprint density at radius 2 is 1.58 bits per heavy atom. The van der Waals surface area contributed by atoms with Gasteiger partial charge in [-0.05, 0) is 49.6 Å². The number of carbonyl (C=O) groups is 1. The Bertz CT molecular complexity index is 732.